The predicted molar refractivity (Wildman–Crippen MR) is 84.2 cm³/mol. The molecule has 0 saturated carbocycles. The van der Waals surface area contributed by atoms with Crippen molar-refractivity contribution < 1.29 is 13.2 Å². The first-order valence-corrected chi connectivity index (χ1v) is 9.06. The van der Waals surface area contributed by atoms with Crippen LogP contribution in [-0.2, 0) is 10.0 Å². The van der Waals surface area contributed by atoms with Gasteiger partial charge in [0, 0.05) is 23.9 Å². The van der Waals surface area contributed by atoms with Gasteiger partial charge in [0.05, 0.1) is 11.9 Å². The van der Waals surface area contributed by atoms with Crippen LogP contribution in [0.1, 0.15) is 19.8 Å². The first-order valence-electron chi connectivity index (χ1n) is 7.45. The van der Waals surface area contributed by atoms with E-state index in [9.17, 15) is 8.42 Å². The molecule has 0 amide bonds. The van der Waals surface area contributed by atoms with Crippen molar-refractivity contribution in [1.82, 2.24) is 14.5 Å². The quantitative estimate of drug-likeness (QED) is 0.859. The molecule has 0 spiro atoms. The number of hydrogen-bond donors (Lipinski definition) is 0. The van der Waals surface area contributed by atoms with E-state index in [2.05, 4.69) is 10.2 Å². The number of sulfonamides is 1. The average Bonchev–Trinajstić information content (AvgIpc) is 2.56. The Morgan fingerprint density at radius 3 is 2.73 bits per heavy atom. The molecule has 6 nitrogen and oxygen atoms in total. The van der Waals surface area contributed by atoms with Crippen molar-refractivity contribution >= 4 is 20.8 Å². The number of hydrogen-bond acceptors (Lipinski definition) is 5. The van der Waals surface area contributed by atoms with Crippen LogP contribution in [0.25, 0.3) is 10.8 Å². The summed E-state index contributed by atoms with van der Waals surface area (Å²) in [5.74, 6) is 0.669. The van der Waals surface area contributed by atoms with Crippen molar-refractivity contribution in [2.75, 3.05) is 18.8 Å². The second kappa shape index (κ2) is 6.18. The molecular weight excluding hydrogens is 302 g/mol. The average molecular weight is 321 g/mol. The monoisotopic (exact) mass is 321 g/mol. The molecule has 3 rings (SSSR count). The molecule has 1 aromatic heterocycles. The summed E-state index contributed by atoms with van der Waals surface area (Å²) in [6, 6.07) is 7.80. The van der Waals surface area contributed by atoms with Crippen LogP contribution in [0, 0.1) is 0 Å². The number of fused-ring (bicyclic) bond motifs is 1. The van der Waals surface area contributed by atoms with Gasteiger partial charge < -0.3 is 4.74 Å². The molecule has 0 bridgehead atoms. The summed E-state index contributed by atoms with van der Waals surface area (Å²) in [4.78, 5) is 0. The lowest BCUT2D eigenvalue weighted by atomic mass is 10.1. The summed E-state index contributed by atoms with van der Waals surface area (Å²) in [5, 5.41) is 9.96. The van der Waals surface area contributed by atoms with Gasteiger partial charge in [0.2, 0.25) is 15.9 Å². The van der Waals surface area contributed by atoms with Crippen LogP contribution in [0.15, 0.2) is 30.5 Å². The minimum atomic E-state index is -3.10. The Hall–Kier alpha value is -1.73. The Morgan fingerprint density at radius 2 is 2.00 bits per heavy atom. The fourth-order valence-corrected chi connectivity index (χ4v) is 3.79. The molecule has 1 aliphatic heterocycles. The lowest BCUT2D eigenvalue weighted by molar-refractivity contribution is 0.130. The Morgan fingerprint density at radius 1 is 1.27 bits per heavy atom. The molecule has 2 aromatic rings. The second-order valence-corrected chi connectivity index (χ2v) is 7.61. The minimum Gasteiger partial charge on any atom is -0.473 e. The van der Waals surface area contributed by atoms with Gasteiger partial charge in [-0.25, -0.2) is 12.7 Å². The number of piperidine rings is 1. The van der Waals surface area contributed by atoms with Gasteiger partial charge in [0.15, 0.2) is 0 Å². The van der Waals surface area contributed by atoms with E-state index >= 15 is 0 Å². The van der Waals surface area contributed by atoms with E-state index in [0.717, 1.165) is 10.8 Å². The highest BCUT2D eigenvalue weighted by Crippen LogP contribution is 2.25. The molecule has 0 radical (unpaired) electrons. The van der Waals surface area contributed by atoms with Gasteiger partial charge in [-0.3, -0.25) is 0 Å². The molecular formula is C15H19N3O3S. The predicted octanol–water partition coefficient (Wildman–Crippen LogP) is 1.82. The molecule has 118 valence electrons. The van der Waals surface area contributed by atoms with Crippen LogP contribution in [0.3, 0.4) is 0 Å². The highest BCUT2D eigenvalue weighted by molar-refractivity contribution is 7.89. The maximum atomic E-state index is 11.9. The fraction of sp³-hybridized carbons (Fsp3) is 0.467. The van der Waals surface area contributed by atoms with Crippen LogP contribution >= 0.6 is 0 Å². The van der Waals surface area contributed by atoms with Crippen LogP contribution in [0.4, 0.5) is 0 Å². The second-order valence-electron chi connectivity index (χ2n) is 5.35. The van der Waals surface area contributed by atoms with E-state index in [1.807, 2.05) is 24.3 Å². The zero-order chi connectivity index (χ0) is 15.6. The lowest BCUT2D eigenvalue weighted by Crippen LogP contribution is -2.42. The number of benzene rings is 1. The normalized spacial score (nSPS) is 17.7. The van der Waals surface area contributed by atoms with Crippen LogP contribution in [0.5, 0.6) is 5.88 Å². The maximum Gasteiger partial charge on any atom is 0.241 e. The van der Waals surface area contributed by atoms with E-state index < -0.39 is 10.0 Å². The third kappa shape index (κ3) is 3.05. The summed E-state index contributed by atoms with van der Waals surface area (Å²) in [7, 11) is -3.10. The van der Waals surface area contributed by atoms with Crippen molar-refractivity contribution in [2.45, 2.75) is 25.9 Å². The summed E-state index contributed by atoms with van der Waals surface area (Å²) < 4.78 is 31.2. The van der Waals surface area contributed by atoms with Crippen LogP contribution in [0.2, 0.25) is 0 Å². The molecule has 1 aromatic carbocycles. The lowest BCUT2D eigenvalue weighted by Gasteiger charge is -2.30. The smallest absolute Gasteiger partial charge is 0.241 e. The van der Waals surface area contributed by atoms with E-state index in [-0.39, 0.29) is 11.9 Å². The van der Waals surface area contributed by atoms with Gasteiger partial charge in [-0.15, -0.1) is 5.10 Å². The summed E-state index contributed by atoms with van der Waals surface area (Å²) in [5.41, 5.74) is 0. The standard InChI is InChI=1S/C15H19N3O3S/c1-2-22(19,20)18-9-7-13(8-10-18)21-15-14-6-4-3-5-12(14)11-16-17-15/h3-6,11,13H,2,7-10H2,1H3. The molecule has 1 saturated heterocycles. The van der Waals surface area contributed by atoms with Crippen molar-refractivity contribution in [1.29, 1.82) is 0 Å². The Labute approximate surface area is 130 Å². The highest BCUT2D eigenvalue weighted by Gasteiger charge is 2.28. The van der Waals surface area contributed by atoms with E-state index in [0.29, 0.717) is 31.8 Å². The maximum absolute atomic E-state index is 11.9. The molecule has 1 aliphatic rings. The first kappa shape index (κ1) is 15.2. The van der Waals surface area contributed by atoms with Gasteiger partial charge in [-0.05, 0) is 25.8 Å². The van der Waals surface area contributed by atoms with Crippen molar-refractivity contribution in [3.05, 3.63) is 30.5 Å². The molecule has 0 N–H and O–H groups in total. The topological polar surface area (TPSA) is 72.4 Å². The molecule has 2 heterocycles. The van der Waals surface area contributed by atoms with Crippen molar-refractivity contribution in [3.63, 3.8) is 0 Å². The number of rotatable bonds is 4. The third-order valence-corrected chi connectivity index (χ3v) is 5.86. The summed E-state index contributed by atoms with van der Waals surface area (Å²) in [6.45, 7) is 2.67. The van der Waals surface area contributed by atoms with Gasteiger partial charge in [0.25, 0.3) is 0 Å². The zero-order valence-electron chi connectivity index (χ0n) is 12.5. The SMILES string of the molecule is CCS(=O)(=O)N1CCC(Oc2nncc3ccccc23)CC1. The van der Waals surface area contributed by atoms with Crippen molar-refractivity contribution in [3.8, 4) is 5.88 Å². The third-order valence-electron chi connectivity index (χ3n) is 3.97. The number of ether oxygens (including phenoxy) is 1. The number of aromatic nitrogens is 2. The van der Waals surface area contributed by atoms with E-state index in [1.165, 1.54) is 0 Å². The fourth-order valence-electron chi connectivity index (χ4n) is 2.66. The van der Waals surface area contributed by atoms with Gasteiger partial charge in [-0.1, -0.05) is 18.2 Å². The van der Waals surface area contributed by atoms with Crippen LogP contribution < -0.4 is 4.74 Å². The Bertz CT molecular complexity index is 750. The van der Waals surface area contributed by atoms with Crippen molar-refractivity contribution in [2.24, 2.45) is 0 Å². The zero-order valence-corrected chi connectivity index (χ0v) is 13.3. The number of nitrogens with zero attached hydrogens (tertiary/aromatic N) is 3. The molecule has 0 aliphatic carbocycles. The van der Waals surface area contributed by atoms with Crippen LogP contribution in [-0.4, -0.2) is 47.9 Å². The van der Waals surface area contributed by atoms with Gasteiger partial charge in [0.1, 0.15) is 6.10 Å². The molecule has 7 heteroatoms. The van der Waals surface area contributed by atoms with E-state index in [1.54, 1.807) is 17.4 Å². The largest absolute Gasteiger partial charge is 0.473 e. The van der Waals surface area contributed by atoms with E-state index in [4.69, 9.17) is 4.74 Å². The highest BCUT2D eigenvalue weighted by atomic mass is 32.2. The molecule has 22 heavy (non-hydrogen) atoms. The minimum absolute atomic E-state index is 0.0246. The van der Waals surface area contributed by atoms with Gasteiger partial charge in [-0.2, -0.15) is 5.10 Å². The molecule has 0 unspecified atom stereocenters. The Balaban J connectivity index is 1.70. The molecule has 0 atom stereocenters. The molecule has 1 fully saturated rings. The Kier molecular flexibility index (Phi) is 4.26. The van der Waals surface area contributed by atoms with Gasteiger partial charge >= 0.3 is 0 Å². The first-order chi connectivity index (χ1) is 10.6. The summed E-state index contributed by atoms with van der Waals surface area (Å²) in [6.07, 6.45) is 3.02. The summed E-state index contributed by atoms with van der Waals surface area (Å²) >= 11 is 0.